The molecule has 4 aromatic rings. The number of para-hydroxylation sites is 1. The monoisotopic (exact) mass is 496 g/mol. The average molecular weight is 497 g/mol. The largest absolute Gasteiger partial charge is 0.352 e. The van der Waals surface area contributed by atoms with E-state index in [-0.39, 0.29) is 24.5 Å². The molecule has 3 aromatic heterocycles. The highest BCUT2D eigenvalue weighted by Gasteiger charge is 2.42. The molecule has 2 N–H and O–H groups in total. The van der Waals surface area contributed by atoms with Crippen LogP contribution in [0.1, 0.15) is 40.3 Å². The number of aryl methyl sites for hydroxylation is 2. The van der Waals surface area contributed by atoms with Gasteiger partial charge in [0.25, 0.3) is 0 Å². The number of rotatable bonds is 6. The van der Waals surface area contributed by atoms with Crippen molar-refractivity contribution in [3.05, 3.63) is 107 Å². The van der Waals surface area contributed by atoms with Crippen molar-refractivity contribution in [2.24, 2.45) is 0 Å². The summed E-state index contributed by atoms with van der Waals surface area (Å²) in [6.07, 6.45) is 3.65. The number of carbonyl (C=O) groups is 1. The SMILES string of the molecule is Cc1ccc(-n2c(C)cc([C@H]3[C@@H](c4ccccn4)NC(=S)N3CC(=O)Nc3ccccc3)c2C)nc1. The van der Waals surface area contributed by atoms with Gasteiger partial charge in [-0.2, -0.15) is 0 Å². The summed E-state index contributed by atoms with van der Waals surface area (Å²) in [6, 6.07) is 21.1. The van der Waals surface area contributed by atoms with Gasteiger partial charge in [0.15, 0.2) is 5.11 Å². The second-order valence-corrected chi connectivity index (χ2v) is 9.41. The Kier molecular flexibility index (Phi) is 6.52. The molecule has 0 spiro atoms. The minimum Gasteiger partial charge on any atom is -0.352 e. The summed E-state index contributed by atoms with van der Waals surface area (Å²) in [5.41, 5.74) is 5.92. The number of benzene rings is 1. The minimum absolute atomic E-state index is 0.112. The van der Waals surface area contributed by atoms with Crippen LogP contribution in [0.15, 0.2) is 79.1 Å². The van der Waals surface area contributed by atoms with E-state index in [1.54, 1.807) is 6.20 Å². The number of hydrogen-bond acceptors (Lipinski definition) is 4. The summed E-state index contributed by atoms with van der Waals surface area (Å²) < 4.78 is 2.15. The molecule has 182 valence electrons. The first-order chi connectivity index (χ1) is 17.4. The molecule has 1 amide bonds. The lowest BCUT2D eigenvalue weighted by Crippen LogP contribution is -2.37. The number of pyridine rings is 2. The molecule has 0 aliphatic carbocycles. The van der Waals surface area contributed by atoms with Crippen molar-refractivity contribution in [3.8, 4) is 5.82 Å². The van der Waals surface area contributed by atoms with Gasteiger partial charge in [0.1, 0.15) is 12.4 Å². The number of aromatic nitrogens is 3. The highest BCUT2D eigenvalue weighted by Crippen LogP contribution is 2.41. The van der Waals surface area contributed by atoms with Crippen molar-refractivity contribution in [3.63, 3.8) is 0 Å². The maximum absolute atomic E-state index is 13.1. The van der Waals surface area contributed by atoms with Crippen LogP contribution in [0.5, 0.6) is 0 Å². The van der Waals surface area contributed by atoms with Crippen molar-refractivity contribution in [2.45, 2.75) is 32.9 Å². The van der Waals surface area contributed by atoms with E-state index in [4.69, 9.17) is 12.2 Å². The molecular weight excluding hydrogens is 468 g/mol. The van der Waals surface area contributed by atoms with Gasteiger partial charge in [-0.1, -0.05) is 30.3 Å². The molecule has 0 unspecified atom stereocenters. The molecule has 7 nitrogen and oxygen atoms in total. The maximum atomic E-state index is 13.1. The topological polar surface area (TPSA) is 75.1 Å². The van der Waals surface area contributed by atoms with Crippen LogP contribution < -0.4 is 10.6 Å². The fourth-order valence-corrected chi connectivity index (χ4v) is 5.13. The molecule has 1 saturated heterocycles. The fraction of sp³-hybridized carbons (Fsp3) is 0.214. The molecule has 0 bridgehead atoms. The Morgan fingerprint density at radius 1 is 1.03 bits per heavy atom. The lowest BCUT2D eigenvalue weighted by Gasteiger charge is -2.27. The van der Waals surface area contributed by atoms with Gasteiger partial charge in [0.2, 0.25) is 5.91 Å². The summed E-state index contributed by atoms with van der Waals surface area (Å²) in [7, 11) is 0. The van der Waals surface area contributed by atoms with Gasteiger partial charge in [-0.05, 0) is 80.5 Å². The Hall–Kier alpha value is -4.04. The quantitative estimate of drug-likeness (QED) is 0.374. The number of carbonyl (C=O) groups excluding carboxylic acids is 1. The molecule has 2 atom stereocenters. The highest BCUT2D eigenvalue weighted by molar-refractivity contribution is 7.80. The Balaban J connectivity index is 1.53. The number of thiocarbonyl (C=S) groups is 1. The summed E-state index contributed by atoms with van der Waals surface area (Å²) in [5, 5.41) is 6.94. The zero-order valence-corrected chi connectivity index (χ0v) is 21.3. The number of amides is 1. The van der Waals surface area contributed by atoms with E-state index in [9.17, 15) is 4.79 Å². The number of anilines is 1. The van der Waals surface area contributed by atoms with E-state index in [0.29, 0.717) is 5.11 Å². The summed E-state index contributed by atoms with van der Waals surface area (Å²) >= 11 is 5.76. The predicted octanol–water partition coefficient (Wildman–Crippen LogP) is 4.80. The van der Waals surface area contributed by atoms with Gasteiger partial charge in [0, 0.05) is 29.5 Å². The van der Waals surface area contributed by atoms with Crippen LogP contribution in [0.3, 0.4) is 0 Å². The molecule has 1 fully saturated rings. The number of nitrogens with one attached hydrogen (secondary N) is 2. The summed E-state index contributed by atoms with van der Waals surface area (Å²) in [5.74, 6) is 0.726. The smallest absolute Gasteiger partial charge is 0.244 e. The normalized spacial score (nSPS) is 17.2. The molecule has 36 heavy (non-hydrogen) atoms. The Bertz CT molecular complexity index is 1390. The molecule has 1 aliphatic heterocycles. The van der Waals surface area contributed by atoms with Gasteiger partial charge in [-0.15, -0.1) is 0 Å². The second kappa shape index (κ2) is 9.91. The lowest BCUT2D eigenvalue weighted by molar-refractivity contribution is -0.116. The van der Waals surface area contributed by atoms with E-state index in [1.165, 1.54) is 0 Å². The van der Waals surface area contributed by atoms with Crippen LogP contribution in [0.4, 0.5) is 5.69 Å². The van der Waals surface area contributed by atoms with E-state index < -0.39 is 0 Å². The van der Waals surface area contributed by atoms with E-state index in [0.717, 1.165) is 39.7 Å². The first-order valence-corrected chi connectivity index (χ1v) is 12.3. The third-order valence-corrected chi connectivity index (χ3v) is 6.84. The van der Waals surface area contributed by atoms with Crippen LogP contribution >= 0.6 is 12.2 Å². The standard InChI is InChI=1S/C28H28N6OS/c1-18-12-13-24(30-16-18)34-19(2)15-22(20(34)3)27-26(23-11-7-8-14-29-23)32-28(36)33(27)17-25(35)31-21-9-5-4-6-10-21/h4-16,26-27H,17H2,1-3H3,(H,31,35)(H,32,36)/t26-,27+/m1/s1. The first kappa shape index (κ1) is 23.7. The van der Waals surface area contributed by atoms with Gasteiger partial charge < -0.3 is 20.1 Å². The molecule has 5 rings (SSSR count). The van der Waals surface area contributed by atoms with Gasteiger partial charge >= 0.3 is 0 Å². The average Bonchev–Trinajstić information content (AvgIpc) is 3.35. The Morgan fingerprint density at radius 3 is 2.50 bits per heavy atom. The summed E-state index contributed by atoms with van der Waals surface area (Å²) in [6.45, 7) is 6.30. The maximum Gasteiger partial charge on any atom is 0.244 e. The van der Waals surface area contributed by atoms with Gasteiger partial charge in [0.05, 0.1) is 17.8 Å². The fourth-order valence-electron chi connectivity index (χ4n) is 4.82. The molecule has 0 radical (unpaired) electrons. The lowest BCUT2D eigenvalue weighted by atomic mass is 9.96. The Labute approximate surface area is 216 Å². The van der Waals surface area contributed by atoms with Gasteiger partial charge in [-0.3, -0.25) is 9.78 Å². The molecule has 1 aromatic carbocycles. The molecule has 8 heteroatoms. The van der Waals surface area contributed by atoms with Crippen LogP contribution in [0.25, 0.3) is 5.82 Å². The van der Waals surface area contributed by atoms with Crippen molar-refractivity contribution < 1.29 is 4.79 Å². The summed E-state index contributed by atoms with van der Waals surface area (Å²) in [4.78, 5) is 24.3. The van der Waals surface area contributed by atoms with E-state index >= 15 is 0 Å². The number of hydrogen-bond donors (Lipinski definition) is 2. The molecule has 0 saturated carbocycles. The number of nitrogens with zero attached hydrogens (tertiary/aromatic N) is 4. The van der Waals surface area contributed by atoms with E-state index in [1.807, 2.05) is 72.6 Å². The second-order valence-electron chi connectivity index (χ2n) is 9.02. The zero-order valence-electron chi connectivity index (χ0n) is 20.5. The molecule has 1 aliphatic rings. The zero-order chi connectivity index (χ0) is 25.2. The first-order valence-electron chi connectivity index (χ1n) is 11.9. The van der Waals surface area contributed by atoms with E-state index in [2.05, 4.69) is 51.1 Å². The molecular formula is C28H28N6OS. The predicted molar refractivity (Wildman–Crippen MR) is 145 cm³/mol. The Morgan fingerprint density at radius 2 is 1.81 bits per heavy atom. The highest BCUT2D eigenvalue weighted by atomic mass is 32.1. The van der Waals surface area contributed by atoms with Crippen LogP contribution in [0.2, 0.25) is 0 Å². The third kappa shape index (κ3) is 4.59. The van der Waals surface area contributed by atoms with Crippen molar-refractivity contribution in [2.75, 3.05) is 11.9 Å². The third-order valence-electron chi connectivity index (χ3n) is 6.48. The van der Waals surface area contributed by atoms with Crippen LogP contribution in [0, 0.1) is 20.8 Å². The van der Waals surface area contributed by atoms with Gasteiger partial charge in [-0.25, -0.2) is 4.98 Å². The van der Waals surface area contributed by atoms with Crippen molar-refractivity contribution in [1.29, 1.82) is 0 Å². The minimum atomic E-state index is -0.223. The van der Waals surface area contributed by atoms with Crippen molar-refractivity contribution in [1.82, 2.24) is 24.8 Å². The van der Waals surface area contributed by atoms with Crippen LogP contribution in [-0.4, -0.2) is 37.0 Å². The van der Waals surface area contributed by atoms with Crippen LogP contribution in [-0.2, 0) is 4.79 Å². The van der Waals surface area contributed by atoms with Crippen molar-refractivity contribution >= 4 is 28.9 Å². The molecule has 4 heterocycles.